The molecule has 2 heterocycles. The Balaban J connectivity index is 2.36. The van der Waals surface area contributed by atoms with Crippen LogP contribution in [0, 0.1) is 0 Å². The van der Waals surface area contributed by atoms with Crippen molar-refractivity contribution in [3.63, 3.8) is 0 Å². The maximum absolute atomic E-state index is 11.3. The van der Waals surface area contributed by atoms with E-state index in [9.17, 15) is 4.79 Å². The van der Waals surface area contributed by atoms with Gasteiger partial charge in [-0.05, 0) is 15.9 Å². The van der Waals surface area contributed by atoms with Crippen LogP contribution in [0.4, 0.5) is 11.6 Å². The summed E-state index contributed by atoms with van der Waals surface area (Å²) in [5.41, 5.74) is 11.0. The quantitative estimate of drug-likeness (QED) is 0.763. The third kappa shape index (κ3) is 2.32. The van der Waals surface area contributed by atoms with E-state index < -0.39 is 11.9 Å². The minimum Gasteiger partial charge on any atom is -0.383 e. The molecule has 1 amide bonds. The number of anilines is 2. The van der Waals surface area contributed by atoms with Gasteiger partial charge < -0.3 is 21.1 Å². The first-order valence-corrected chi connectivity index (χ1v) is 5.80. The largest absolute Gasteiger partial charge is 0.383 e. The number of nitrogens with zero attached hydrogens (tertiary/aromatic N) is 3. The van der Waals surface area contributed by atoms with Gasteiger partial charge in [0.2, 0.25) is 5.91 Å². The van der Waals surface area contributed by atoms with E-state index in [-0.39, 0.29) is 6.61 Å². The normalized spacial score (nSPS) is 20.3. The molecule has 0 bridgehead atoms. The van der Waals surface area contributed by atoms with Crippen molar-refractivity contribution < 1.29 is 9.53 Å². The van der Waals surface area contributed by atoms with E-state index in [2.05, 4.69) is 25.9 Å². The third-order valence-electron chi connectivity index (χ3n) is 2.53. The number of nitrogen functional groups attached to an aromatic ring is 1. The molecule has 2 rings (SSSR count). The Morgan fingerprint density at radius 2 is 2.35 bits per heavy atom. The fraction of sp³-hybridized carbons (Fsp3) is 0.444. The highest BCUT2D eigenvalue weighted by molar-refractivity contribution is 9.10. The Kier molecular flexibility index (Phi) is 3.43. The van der Waals surface area contributed by atoms with E-state index in [1.54, 1.807) is 4.90 Å². The highest BCUT2D eigenvalue weighted by Gasteiger charge is 2.30. The van der Waals surface area contributed by atoms with Crippen molar-refractivity contribution in [2.24, 2.45) is 5.73 Å². The van der Waals surface area contributed by atoms with Crippen LogP contribution in [0.3, 0.4) is 0 Å². The number of morpholine rings is 1. The molecule has 1 unspecified atom stereocenters. The van der Waals surface area contributed by atoms with Crippen LogP contribution in [0.2, 0.25) is 0 Å². The molecule has 1 aromatic heterocycles. The number of carbonyl (C=O) groups excluding carboxylic acids is 1. The Labute approximate surface area is 106 Å². The van der Waals surface area contributed by atoms with Gasteiger partial charge in [0.1, 0.15) is 28.5 Å². The van der Waals surface area contributed by atoms with Crippen LogP contribution in [0.25, 0.3) is 0 Å². The summed E-state index contributed by atoms with van der Waals surface area (Å²) in [5, 5.41) is 0. The Hall–Kier alpha value is -1.41. The summed E-state index contributed by atoms with van der Waals surface area (Å²) < 4.78 is 5.80. The molecule has 17 heavy (non-hydrogen) atoms. The maximum Gasteiger partial charge on any atom is 0.242 e. The fourth-order valence-corrected chi connectivity index (χ4v) is 2.10. The maximum atomic E-state index is 11.3. The number of carbonyl (C=O) groups is 1. The van der Waals surface area contributed by atoms with Gasteiger partial charge in [0.25, 0.3) is 0 Å². The zero-order chi connectivity index (χ0) is 12.4. The van der Waals surface area contributed by atoms with Crippen molar-refractivity contribution in [2.75, 3.05) is 30.4 Å². The van der Waals surface area contributed by atoms with Crippen molar-refractivity contribution in [1.82, 2.24) is 9.97 Å². The minimum atomic E-state index is -0.533. The molecule has 7 nitrogen and oxygen atoms in total. The predicted octanol–water partition coefficient (Wildman–Crippen LogP) is -0.488. The molecular formula is C9H12BrN5O2. The van der Waals surface area contributed by atoms with Gasteiger partial charge in [-0.25, -0.2) is 9.97 Å². The minimum absolute atomic E-state index is 0.256. The van der Waals surface area contributed by atoms with Crippen molar-refractivity contribution in [1.29, 1.82) is 0 Å². The summed E-state index contributed by atoms with van der Waals surface area (Å²) in [5.74, 6) is 0.433. The zero-order valence-corrected chi connectivity index (χ0v) is 10.6. The molecule has 4 N–H and O–H groups in total. The summed E-state index contributed by atoms with van der Waals surface area (Å²) in [7, 11) is 0. The molecule has 0 aromatic carbocycles. The van der Waals surface area contributed by atoms with Crippen LogP contribution >= 0.6 is 15.9 Å². The molecule has 0 saturated carbocycles. The second-order valence-corrected chi connectivity index (χ2v) is 4.38. The standard InChI is InChI=1S/C9H12BrN5O2/c10-6-7(11)13-4-14-9(6)15-1-2-17-3-5(15)8(12)16/h4-5H,1-3H2,(H2,12,16)(H2,11,13,14). The molecule has 0 aliphatic carbocycles. The van der Waals surface area contributed by atoms with Crippen molar-refractivity contribution in [3.05, 3.63) is 10.8 Å². The van der Waals surface area contributed by atoms with Gasteiger partial charge in [-0.3, -0.25) is 4.79 Å². The van der Waals surface area contributed by atoms with Gasteiger partial charge >= 0.3 is 0 Å². The van der Waals surface area contributed by atoms with E-state index in [0.717, 1.165) is 0 Å². The molecular weight excluding hydrogens is 290 g/mol. The van der Waals surface area contributed by atoms with Gasteiger partial charge in [-0.15, -0.1) is 0 Å². The number of primary amides is 1. The fourth-order valence-electron chi connectivity index (χ4n) is 1.67. The highest BCUT2D eigenvalue weighted by atomic mass is 79.9. The summed E-state index contributed by atoms with van der Waals surface area (Å²) in [4.78, 5) is 21.1. The lowest BCUT2D eigenvalue weighted by Crippen LogP contribution is -2.53. The van der Waals surface area contributed by atoms with E-state index in [0.29, 0.717) is 29.3 Å². The summed E-state index contributed by atoms with van der Waals surface area (Å²) in [6.45, 7) is 1.30. The topological polar surface area (TPSA) is 107 Å². The molecule has 0 spiro atoms. The van der Waals surface area contributed by atoms with Gasteiger partial charge in [-0.1, -0.05) is 0 Å². The number of amides is 1. The van der Waals surface area contributed by atoms with Gasteiger partial charge in [0.05, 0.1) is 13.2 Å². The van der Waals surface area contributed by atoms with E-state index in [4.69, 9.17) is 16.2 Å². The van der Waals surface area contributed by atoms with Crippen LogP contribution in [0.1, 0.15) is 0 Å². The Morgan fingerprint density at radius 3 is 3.06 bits per heavy atom. The molecule has 0 radical (unpaired) electrons. The Bertz CT molecular complexity index is 441. The molecule has 1 aromatic rings. The molecule has 1 aliphatic rings. The average molecular weight is 302 g/mol. The van der Waals surface area contributed by atoms with Crippen molar-refractivity contribution in [3.8, 4) is 0 Å². The second kappa shape index (κ2) is 4.84. The lowest BCUT2D eigenvalue weighted by molar-refractivity contribution is -0.121. The number of halogens is 1. The van der Waals surface area contributed by atoms with Crippen molar-refractivity contribution >= 4 is 33.5 Å². The number of nitrogens with two attached hydrogens (primary N) is 2. The monoisotopic (exact) mass is 301 g/mol. The van der Waals surface area contributed by atoms with Crippen LogP contribution in [-0.4, -0.2) is 41.7 Å². The third-order valence-corrected chi connectivity index (χ3v) is 3.29. The lowest BCUT2D eigenvalue weighted by Gasteiger charge is -2.34. The van der Waals surface area contributed by atoms with E-state index >= 15 is 0 Å². The molecule has 92 valence electrons. The van der Waals surface area contributed by atoms with Crippen LogP contribution < -0.4 is 16.4 Å². The highest BCUT2D eigenvalue weighted by Crippen LogP contribution is 2.29. The van der Waals surface area contributed by atoms with Crippen LogP contribution in [0.5, 0.6) is 0 Å². The number of hydrogen-bond acceptors (Lipinski definition) is 6. The zero-order valence-electron chi connectivity index (χ0n) is 8.97. The second-order valence-electron chi connectivity index (χ2n) is 3.58. The Morgan fingerprint density at radius 1 is 1.59 bits per heavy atom. The first kappa shape index (κ1) is 12.1. The van der Waals surface area contributed by atoms with Gasteiger partial charge in [0.15, 0.2) is 0 Å². The van der Waals surface area contributed by atoms with Gasteiger partial charge in [-0.2, -0.15) is 0 Å². The van der Waals surface area contributed by atoms with E-state index in [1.807, 2.05) is 0 Å². The summed E-state index contributed by atoms with van der Waals surface area (Å²) >= 11 is 3.31. The molecule has 1 saturated heterocycles. The van der Waals surface area contributed by atoms with Crippen LogP contribution in [0.15, 0.2) is 10.8 Å². The number of rotatable bonds is 2. The smallest absolute Gasteiger partial charge is 0.242 e. The summed E-state index contributed by atoms with van der Waals surface area (Å²) in [6.07, 6.45) is 1.35. The first-order chi connectivity index (χ1) is 8.11. The number of hydrogen-bond donors (Lipinski definition) is 2. The first-order valence-electron chi connectivity index (χ1n) is 5.01. The molecule has 8 heteroatoms. The average Bonchev–Trinajstić information content (AvgIpc) is 2.33. The number of ether oxygens (including phenoxy) is 1. The number of aromatic nitrogens is 2. The van der Waals surface area contributed by atoms with Crippen LogP contribution in [-0.2, 0) is 9.53 Å². The molecule has 1 fully saturated rings. The predicted molar refractivity (Wildman–Crippen MR) is 65.3 cm³/mol. The van der Waals surface area contributed by atoms with Gasteiger partial charge in [0, 0.05) is 6.54 Å². The molecule has 1 aliphatic heterocycles. The van der Waals surface area contributed by atoms with E-state index in [1.165, 1.54) is 6.33 Å². The SMILES string of the molecule is NC(=O)C1COCCN1c1ncnc(N)c1Br. The molecule has 1 atom stereocenters. The van der Waals surface area contributed by atoms with Crippen molar-refractivity contribution in [2.45, 2.75) is 6.04 Å². The lowest BCUT2D eigenvalue weighted by atomic mass is 10.2. The summed E-state index contributed by atoms with van der Waals surface area (Å²) in [6, 6.07) is -0.533.